The van der Waals surface area contributed by atoms with Gasteiger partial charge in [0.15, 0.2) is 0 Å². The van der Waals surface area contributed by atoms with Gasteiger partial charge in [-0.1, -0.05) is 17.7 Å². The lowest BCUT2D eigenvalue weighted by atomic mass is 10.2. The first-order valence-corrected chi connectivity index (χ1v) is 7.14. The van der Waals surface area contributed by atoms with Gasteiger partial charge in [-0.15, -0.1) is 0 Å². The Bertz CT molecular complexity index is 469. The van der Waals surface area contributed by atoms with Crippen molar-refractivity contribution in [3.8, 4) is 5.75 Å². The molecule has 0 spiro atoms. The van der Waals surface area contributed by atoms with Crippen molar-refractivity contribution in [1.82, 2.24) is 9.03 Å². The average molecular weight is 272 g/mol. The molecule has 1 aromatic carbocycles. The van der Waals surface area contributed by atoms with Crippen molar-refractivity contribution in [2.45, 2.75) is 19.9 Å². The normalized spacial score (nSPS) is 13.6. The van der Waals surface area contributed by atoms with E-state index in [2.05, 4.69) is 4.72 Å². The van der Waals surface area contributed by atoms with Crippen LogP contribution in [0.2, 0.25) is 0 Å². The predicted molar refractivity (Wildman–Crippen MR) is 71.9 cm³/mol. The van der Waals surface area contributed by atoms with Gasteiger partial charge in [-0.25, -0.2) is 0 Å². The molecule has 6 heteroatoms. The molecule has 5 nitrogen and oxygen atoms in total. The Morgan fingerprint density at radius 3 is 2.33 bits per heavy atom. The lowest BCUT2D eigenvalue weighted by Gasteiger charge is -2.18. The summed E-state index contributed by atoms with van der Waals surface area (Å²) < 4.78 is 32.3. The molecule has 1 aromatic rings. The van der Waals surface area contributed by atoms with Crippen LogP contribution < -0.4 is 9.46 Å². The van der Waals surface area contributed by atoms with E-state index in [1.807, 2.05) is 31.2 Å². The minimum absolute atomic E-state index is 0.288. The van der Waals surface area contributed by atoms with E-state index < -0.39 is 10.2 Å². The first kappa shape index (κ1) is 14.9. The molecule has 0 saturated heterocycles. The van der Waals surface area contributed by atoms with Crippen LogP contribution in [-0.4, -0.2) is 39.5 Å². The number of ether oxygens (including phenoxy) is 1. The maximum absolute atomic E-state index is 11.6. The Kier molecular flexibility index (Phi) is 5.13. The molecule has 0 aliphatic heterocycles. The Morgan fingerprint density at radius 1 is 1.28 bits per heavy atom. The lowest BCUT2D eigenvalue weighted by Crippen LogP contribution is -2.43. The molecule has 0 radical (unpaired) electrons. The number of hydrogen-bond acceptors (Lipinski definition) is 3. The van der Waals surface area contributed by atoms with Crippen molar-refractivity contribution in [2.75, 3.05) is 20.7 Å². The second-order valence-electron chi connectivity index (χ2n) is 4.43. The van der Waals surface area contributed by atoms with Crippen molar-refractivity contribution in [2.24, 2.45) is 0 Å². The summed E-state index contributed by atoms with van der Waals surface area (Å²) in [4.78, 5) is 0. The minimum Gasteiger partial charge on any atom is -0.492 e. The van der Waals surface area contributed by atoms with E-state index in [4.69, 9.17) is 4.74 Å². The molecule has 0 aromatic heterocycles. The van der Waals surface area contributed by atoms with Crippen LogP contribution in [-0.2, 0) is 10.2 Å². The molecule has 0 bridgehead atoms. The Morgan fingerprint density at radius 2 is 1.83 bits per heavy atom. The molecule has 1 atom stereocenters. The van der Waals surface area contributed by atoms with Gasteiger partial charge < -0.3 is 4.74 Å². The van der Waals surface area contributed by atoms with Gasteiger partial charge in [-0.2, -0.15) is 17.4 Å². The number of hydrogen-bond donors (Lipinski definition) is 1. The first-order valence-electron chi connectivity index (χ1n) is 5.70. The molecule has 1 N–H and O–H groups in total. The maximum atomic E-state index is 11.6. The van der Waals surface area contributed by atoms with E-state index in [9.17, 15) is 8.42 Å². The van der Waals surface area contributed by atoms with E-state index in [0.29, 0.717) is 0 Å². The zero-order chi connectivity index (χ0) is 13.8. The molecule has 0 aliphatic carbocycles. The Balaban J connectivity index is 2.47. The van der Waals surface area contributed by atoms with Crippen LogP contribution in [0.4, 0.5) is 0 Å². The summed E-state index contributed by atoms with van der Waals surface area (Å²) in [6.45, 7) is 4.04. The van der Waals surface area contributed by atoms with Gasteiger partial charge in [-0.3, -0.25) is 0 Å². The zero-order valence-corrected chi connectivity index (χ0v) is 12.0. The quantitative estimate of drug-likeness (QED) is 0.845. The molecule has 0 aliphatic rings. The van der Waals surface area contributed by atoms with Gasteiger partial charge in [0.25, 0.3) is 10.2 Å². The molecular formula is C12H20N2O3S. The average Bonchev–Trinajstić information content (AvgIpc) is 2.27. The molecule has 0 heterocycles. The summed E-state index contributed by atoms with van der Waals surface area (Å²) in [5.74, 6) is 0.733. The number of nitrogens with zero attached hydrogens (tertiary/aromatic N) is 1. The minimum atomic E-state index is -3.41. The summed E-state index contributed by atoms with van der Waals surface area (Å²) in [5.41, 5.74) is 1.16. The van der Waals surface area contributed by atoms with Gasteiger partial charge in [0.1, 0.15) is 12.4 Å². The number of benzene rings is 1. The monoisotopic (exact) mass is 272 g/mol. The largest absolute Gasteiger partial charge is 0.492 e. The molecule has 102 valence electrons. The second-order valence-corrected chi connectivity index (χ2v) is 6.35. The highest BCUT2D eigenvalue weighted by Crippen LogP contribution is 2.11. The molecule has 0 amide bonds. The van der Waals surface area contributed by atoms with Crippen molar-refractivity contribution >= 4 is 10.2 Å². The fraction of sp³-hybridized carbons (Fsp3) is 0.500. The second kappa shape index (κ2) is 6.17. The van der Waals surface area contributed by atoms with Crippen LogP contribution in [0.15, 0.2) is 24.3 Å². The van der Waals surface area contributed by atoms with E-state index in [1.165, 1.54) is 14.1 Å². The predicted octanol–water partition coefficient (Wildman–Crippen LogP) is 1.16. The SMILES string of the molecule is Cc1ccc(OC[C@@H](C)NS(=O)(=O)N(C)C)cc1. The fourth-order valence-electron chi connectivity index (χ4n) is 1.25. The number of aryl methyl sites for hydroxylation is 1. The third-order valence-corrected chi connectivity index (χ3v) is 4.01. The molecule has 0 saturated carbocycles. The summed E-state index contributed by atoms with van der Waals surface area (Å²) in [6.07, 6.45) is 0. The van der Waals surface area contributed by atoms with Crippen LogP contribution in [0.25, 0.3) is 0 Å². The van der Waals surface area contributed by atoms with Gasteiger partial charge in [-0.05, 0) is 26.0 Å². The van der Waals surface area contributed by atoms with Gasteiger partial charge in [0.05, 0.1) is 6.04 Å². The zero-order valence-electron chi connectivity index (χ0n) is 11.2. The Hall–Kier alpha value is -1.11. The van der Waals surface area contributed by atoms with Crippen molar-refractivity contribution in [3.05, 3.63) is 29.8 Å². The van der Waals surface area contributed by atoms with Gasteiger partial charge >= 0.3 is 0 Å². The van der Waals surface area contributed by atoms with Gasteiger partial charge in [0.2, 0.25) is 0 Å². The summed E-state index contributed by atoms with van der Waals surface area (Å²) in [7, 11) is -0.441. The Labute approximate surface area is 109 Å². The van der Waals surface area contributed by atoms with E-state index >= 15 is 0 Å². The van der Waals surface area contributed by atoms with Crippen molar-refractivity contribution in [3.63, 3.8) is 0 Å². The molecule has 18 heavy (non-hydrogen) atoms. The molecule has 0 fully saturated rings. The van der Waals surface area contributed by atoms with Crippen LogP contribution in [0.5, 0.6) is 5.75 Å². The highest BCUT2D eigenvalue weighted by Gasteiger charge is 2.16. The summed E-state index contributed by atoms with van der Waals surface area (Å²) in [6, 6.07) is 7.33. The van der Waals surface area contributed by atoms with Crippen LogP contribution in [0, 0.1) is 6.92 Å². The fourth-order valence-corrected chi connectivity index (χ4v) is 2.04. The lowest BCUT2D eigenvalue weighted by molar-refractivity contribution is 0.285. The summed E-state index contributed by atoms with van der Waals surface area (Å²) in [5, 5.41) is 0. The molecular weight excluding hydrogens is 252 g/mol. The van der Waals surface area contributed by atoms with Gasteiger partial charge in [0, 0.05) is 14.1 Å². The van der Waals surface area contributed by atoms with Crippen LogP contribution in [0.1, 0.15) is 12.5 Å². The molecule has 1 rings (SSSR count). The summed E-state index contributed by atoms with van der Waals surface area (Å²) >= 11 is 0. The number of nitrogens with one attached hydrogen (secondary N) is 1. The topological polar surface area (TPSA) is 58.6 Å². The van der Waals surface area contributed by atoms with Crippen LogP contribution >= 0.6 is 0 Å². The van der Waals surface area contributed by atoms with Crippen molar-refractivity contribution in [1.29, 1.82) is 0 Å². The highest BCUT2D eigenvalue weighted by atomic mass is 32.2. The number of rotatable bonds is 6. The smallest absolute Gasteiger partial charge is 0.279 e. The van der Waals surface area contributed by atoms with E-state index in [0.717, 1.165) is 15.6 Å². The van der Waals surface area contributed by atoms with E-state index in [1.54, 1.807) is 6.92 Å². The van der Waals surface area contributed by atoms with E-state index in [-0.39, 0.29) is 12.6 Å². The molecule has 0 unspecified atom stereocenters. The highest BCUT2D eigenvalue weighted by molar-refractivity contribution is 7.87. The van der Waals surface area contributed by atoms with Crippen LogP contribution in [0.3, 0.4) is 0 Å². The third-order valence-electron chi connectivity index (χ3n) is 2.35. The maximum Gasteiger partial charge on any atom is 0.279 e. The van der Waals surface area contributed by atoms with Crippen molar-refractivity contribution < 1.29 is 13.2 Å². The first-order chi connectivity index (χ1) is 8.31. The standard InChI is InChI=1S/C12H20N2O3S/c1-10-5-7-12(8-6-10)17-9-11(2)13-18(15,16)14(3)4/h5-8,11,13H,9H2,1-4H3/t11-/m1/s1. The third kappa shape index (κ3) is 4.64.